The fourth-order valence-electron chi connectivity index (χ4n) is 5.63. The normalized spacial score (nSPS) is 15.2. The lowest BCUT2D eigenvalue weighted by Gasteiger charge is -2.31. The van der Waals surface area contributed by atoms with E-state index in [9.17, 15) is 4.79 Å². The third-order valence-electron chi connectivity index (χ3n) is 7.42. The second-order valence-corrected chi connectivity index (χ2v) is 9.99. The quantitative estimate of drug-likeness (QED) is 0.265. The smallest absolute Gasteiger partial charge is 0.255 e. The summed E-state index contributed by atoms with van der Waals surface area (Å²) < 4.78 is 8.22. The molecule has 0 spiro atoms. The fourth-order valence-corrected chi connectivity index (χ4v) is 5.63. The first-order valence-corrected chi connectivity index (χ1v) is 12.7. The van der Waals surface area contributed by atoms with E-state index in [2.05, 4.69) is 39.5 Å². The minimum Gasteiger partial charge on any atom is -0.456 e. The van der Waals surface area contributed by atoms with E-state index >= 15 is 0 Å². The predicted molar refractivity (Wildman–Crippen MR) is 152 cm³/mol. The minimum atomic E-state index is -0.387. The average molecular weight is 499 g/mol. The number of benzene rings is 4. The Balaban J connectivity index is 1.43. The topological polar surface area (TPSA) is 72.1 Å². The van der Waals surface area contributed by atoms with E-state index in [0.29, 0.717) is 11.5 Å². The Hall–Kier alpha value is -4.84. The molecule has 6 aromatic rings. The molecule has 186 valence electrons. The average Bonchev–Trinajstić information content (AvgIpc) is 3.47. The van der Waals surface area contributed by atoms with E-state index in [4.69, 9.17) is 9.40 Å². The maximum Gasteiger partial charge on any atom is 0.255 e. The number of nitrogens with zero attached hydrogens (tertiary/aromatic N) is 2. The van der Waals surface area contributed by atoms with Gasteiger partial charge in [0.15, 0.2) is 0 Å². The van der Waals surface area contributed by atoms with Gasteiger partial charge in [0.2, 0.25) is 5.95 Å². The molecular formula is C32H26N4O2. The van der Waals surface area contributed by atoms with Crippen LogP contribution in [0.5, 0.6) is 0 Å². The van der Waals surface area contributed by atoms with Gasteiger partial charge in [-0.05, 0) is 68.3 Å². The number of hydrogen-bond donors (Lipinski definition) is 2. The van der Waals surface area contributed by atoms with Crippen LogP contribution >= 0.6 is 0 Å². The van der Waals surface area contributed by atoms with Crippen LogP contribution in [0.2, 0.25) is 0 Å². The predicted octanol–water partition coefficient (Wildman–Crippen LogP) is 7.48. The lowest BCUT2D eigenvalue weighted by atomic mass is 9.93. The van der Waals surface area contributed by atoms with Gasteiger partial charge in [0, 0.05) is 22.2 Å². The second-order valence-electron chi connectivity index (χ2n) is 9.99. The highest BCUT2D eigenvalue weighted by Crippen LogP contribution is 2.41. The van der Waals surface area contributed by atoms with Crippen molar-refractivity contribution in [3.05, 3.63) is 113 Å². The van der Waals surface area contributed by atoms with Gasteiger partial charge in [-0.25, -0.2) is 4.98 Å². The number of anilines is 2. The van der Waals surface area contributed by atoms with Gasteiger partial charge in [-0.3, -0.25) is 9.36 Å². The van der Waals surface area contributed by atoms with E-state index in [1.165, 1.54) is 0 Å². The van der Waals surface area contributed by atoms with Crippen LogP contribution in [0.4, 0.5) is 11.6 Å². The fraction of sp³-hybridized carbons (Fsp3) is 0.125. The molecule has 6 heteroatoms. The number of carbonyl (C=O) groups excluding carboxylic acids is 1. The first kappa shape index (κ1) is 22.4. The van der Waals surface area contributed by atoms with Crippen LogP contribution in [0.25, 0.3) is 33.0 Å². The van der Waals surface area contributed by atoms with Crippen LogP contribution in [-0.4, -0.2) is 15.5 Å². The summed E-state index contributed by atoms with van der Waals surface area (Å²) in [6.45, 7) is 6.01. The number of aryl methyl sites for hydroxylation is 2. The van der Waals surface area contributed by atoms with Gasteiger partial charge in [0.05, 0.1) is 22.6 Å². The molecule has 0 saturated carbocycles. The van der Waals surface area contributed by atoms with E-state index < -0.39 is 0 Å². The lowest BCUT2D eigenvalue weighted by Crippen LogP contribution is -2.31. The number of fused-ring (bicyclic) bond motifs is 6. The highest BCUT2D eigenvalue weighted by molar-refractivity contribution is 6.08. The maximum atomic E-state index is 14.0. The molecule has 6 nitrogen and oxygen atoms in total. The number of imidazole rings is 1. The zero-order chi connectivity index (χ0) is 26.0. The molecule has 7 rings (SSSR count). The maximum absolute atomic E-state index is 14.0. The molecule has 0 radical (unpaired) electrons. The zero-order valence-electron chi connectivity index (χ0n) is 21.4. The van der Waals surface area contributed by atoms with E-state index in [1.54, 1.807) is 0 Å². The minimum absolute atomic E-state index is 0.146. The largest absolute Gasteiger partial charge is 0.456 e. The number of allylic oxidation sites excluding steroid dienone is 1. The molecule has 1 amide bonds. The van der Waals surface area contributed by atoms with Crippen LogP contribution in [0, 0.1) is 13.8 Å². The summed E-state index contributed by atoms with van der Waals surface area (Å²) in [5.41, 5.74) is 8.89. The summed E-state index contributed by atoms with van der Waals surface area (Å²) in [5, 5.41) is 8.66. The zero-order valence-corrected chi connectivity index (χ0v) is 21.4. The van der Waals surface area contributed by atoms with E-state index in [1.807, 2.05) is 81.4 Å². The van der Waals surface area contributed by atoms with Gasteiger partial charge in [0.1, 0.15) is 11.2 Å². The number of nitrogens with one attached hydrogen (secondary N) is 2. The number of para-hydroxylation sites is 3. The Bertz CT molecular complexity index is 1940. The number of hydrogen-bond acceptors (Lipinski definition) is 4. The third kappa shape index (κ3) is 3.41. The Kier molecular flexibility index (Phi) is 4.91. The SMILES string of the molecule is CC1=C(C(=O)Nc2ccc(C)cc2C)C(c2ccc3oc4ccccc4c3c2)n2c(nc3ccccc32)N1. The van der Waals surface area contributed by atoms with Gasteiger partial charge in [0.25, 0.3) is 5.91 Å². The number of amides is 1. The van der Waals surface area contributed by atoms with Crippen LogP contribution in [0.15, 0.2) is 101 Å². The highest BCUT2D eigenvalue weighted by atomic mass is 16.3. The van der Waals surface area contributed by atoms with Crippen molar-refractivity contribution in [3.63, 3.8) is 0 Å². The molecule has 0 bridgehead atoms. The number of aromatic nitrogens is 2. The molecule has 3 heterocycles. The Morgan fingerprint density at radius 3 is 2.55 bits per heavy atom. The molecule has 4 aromatic carbocycles. The van der Waals surface area contributed by atoms with Crippen molar-refractivity contribution in [1.29, 1.82) is 0 Å². The summed E-state index contributed by atoms with van der Waals surface area (Å²) >= 11 is 0. The van der Waals surface area contributed by atoms with Gasteiger partial charge in [-0.1, -0.05) is 54.1 Å². The highest BCUT2D eigenvalue weighted by Gasteiger charge is 2.34. The number of rotatable bonds is 3. The van der Waals surface area contributed by atoms with E-state index in [-0.39, 0.29) is 11.9 Å². The summed E-state index contributed by atoms with van der Waals surface area (Å²) in [4.78, 5) is 18.9. The monoisotopic (exact) mass is 498 g/mol. The molecule has 2 aromatic heterocycles. The van der Waals surface area contributed by atoms with Crippen LogP contribution in [0.1, 0.15) is 29.7 Å². The molecule has 0 saturated heterocycles. The van der Waals surface area contributed by atoms with Gasteiger partial charge >= 0.3 is 0 Å². The van der Waals surface area contributed by atoms with Gasteiger partial charge < -0.3 is 15.1 Å². The number of carbonyl (C=O) groups is 1. The molecule has 2 N–H and O–H groups in total. The number of furan rings is 1. The first-order chi connectivity index (χ1) is 18.5. The summed E-state index contributed by atoms with van der Waals surface area (Å²) in [7, 11) is 0. The third-order valence-corrected chi connectivity index (χ3v) is 7.42. The summed E-state index contributed by atoms with van der Waals surface area (Å²) in [5.74, 6) is 0.571. The van der Waals surface area contributed by atoms with Crippen molar-refractivity contribution in [2.24, 2.45) is 0 Å². The molecule has 1 atom stereocenters. The molecule has 1 aliphatic rings. The van der Waals surface area contributed by atoms with Crippen molar-refractivity contribution < 1.29 is 9.21 Å². The van der Waals surface area contributed by atoms with Crippen molar-refractivity contribution >= 4 is 50.5 Å². The second kappa shape index (κ2) is 8.35. The standard InChI is InChI=1S/C32H26N4O2/c1-18-12-14-24(19(2)16-18)34-31(37)29-20(3)33-32-35-25-9-5-6-10-26(25)36(32)30(29)21-13-15-28-23(17-21)22-8-4-7-11-27(22)38-28/h4-17,30H,1-3H3,(H,33,35)(H,34,37). The Morgan fingerprint density at radius 1 is 0.895 bits per heavy atom. The van der Waals surface area contributed by atoms with Crippen LogP contribution < -0.4 is 10.6 Å². The molecule has 0 fully saturated rings. The molecule has 38 heavy (non-hydrogen) atoms. The molecule has 1 unspecified atom stereocenters. The van der Waals surface area contributed by atoms with Crippen molar-refractivity contribution in [3.8, 4) is 0 Å². The summed E-state index contributed by atoms with van der Waals surface area (Å²) in [6.07, 6.45) is 0. The van der Waals surface area contributed by atoms with Crippen molar-refractivity contribution in [1.82, 2.24) is 9.55 Å². The van der Waals surface area contributed by atoms with Crippen LogP contribution in [-0.2, 0) is 4.79 Å². The van der Waals surface area contributed by atoms with Crippen molar-refractivity contribution in [2.45, 2.75) is 26.8 Å². The Labute approximate surface area is 219 Å². The van der Waals surface area contributed by atoms with Gasteiger partial charge in [-0.2, -0.15) is 0 Å². The molecule has 1 aliphatic heterocycles. The first-order valence-electron chi connectivity index (χ1n) is 12.7. The van der Waals surface area contributed by atoms with Crippen molar-refractivity contribution in [2.75, 3.05) is 10.6 Å². The van der Waals surface area contributed by atoms with E-state index in [0.717, 1.165) is 61.0 Å². The lowest BCUT2D eigenvalue weighted by molar-refractivity contribution is -0.113. The summed E-state index contributed by atoms with van der Waals surface area (Å²) in [6, 6.07) is 27.9. The molecule has 0 aliphatic carbocycles. The Morgan fingerprint density at radius 2 is 1.68 bits per heavy atom. The molecular weight excluding hydrogens is 472 g/mol. The van der Waals surface area contributed by atoms with Gasteiger partial charge in [-0.15, -0.1) is 0 Å². The van der Waals surface area contributed by atoms with Crippen LogP contribution in [0.3, 0.4) is 0 Å².